The van der Waals surface area contributed by atoms with Gasteiger partial charge < -0.3 is 20.3 Å². The number of benzene rings is 1. The summed E-state index contributed by atoms with van der Waals surface area (Å²) in [6, 6.07) is 3.49. The molecule has 0 radical (unpaired) electrons. The molecule has 1 aromatic carbocycles. The van der Waals surface area contributed by atoms with E-state index in [1.54, 1.807) is 7.11 Å². The first-order chi connectivity index (χ1) is 11.4. The minimum Gasteiger partial charge on any atom is -0.383 e. The first kappa shape index (κ1) is 24.8. The van der Waals surface area contributed by atoms with Gasteiger partial charge in [0.15, 0.2) is 0 Å². The Kier molecular flexibility index (Phi) is 10.9. The van der Waals surface area contributed by atoms with Gasteiger partial charge in [0.2, 0.25) is 5.91 Å². The van der Waals surface area contributed by atoms with Gasteiger partial charge in [-0.1, -0.05) is 0 Å². The Hall–Kier alpha value is -1.22. The summed E-state index contributed by atoms with van der Waals surface area (Å²) in [5.74, 6) is -0.383. The molecule has 0 bridgehead atoms. The minimum absolute atomic E-state index is 0. The summed E-state index contributed by atoms with van der Waals surface area (Å²) in [6.07, 6.45) is -2.46. The van der Waals surface area contributed by atoms with Gasteiger partial charge in [-0.05, 0) is 31.0 Å². The number of carbonyl (C=O) groups excluding carboxylic acids is 1. The van der Waals surface area contributed by atoms with E-state index in [0.29, 0.717) is 18.8 Å². The second-order valence-electron chi connectivity index (χ2n) is 5.64. The number of methoxy groups -OCH3 is 1. The molecule has 1 fully saturated rings. The van der Waals surface area contributed by atoms with E-state index in [9.17, 15) is 18.0 Å². The lowest BCUT2D eigenvalue weighted by Crippen LogP contribution is -2.31. The van der Waals surface area contributed by atoms with E-state index in [-0.39, 0.29) is 43.0 Å². The maximum Gasteiger partial charge on any atom is 0.416 e. The topological polar surface area (TPSA) is 53.6 Å². The van der Waals surface area contributed by atoms with E-state index in [4.69, 9.17) is 4.74 Å². The third-order valence-corrected chi connectivity index (χ3v) is 3.81. The van der Waals surface area contributed by atoms with E-state index in [0.717, 1.165) is 38.1 Å². The highest BCUT2D eigenvalue weighted by Crippen LogP contribution is 2.36. The molecule has 1 aliphatic rings. The van der Waals surface area contributed by atoms with Crippen LogP contribution in [0.2, 0.25) is 0 Å². The van der Waals surface area contributed by atoms with Crippen LogP contribution in [0.3, 0.4) is 0 Å². The fourth-order valence-corrected chi connectivity index (χ4v) is 2.62. The Balaban J connectivity index is 0.00000312. The molecule has 0 aromatic heterocycles. The van der Waals surface area contributed by atoms with Crippen molar-refractivity contribution in [2.45, 2.75) is 19.0 Å². The van der Waals surface area contributed by atoms with Gasteiger partial charge in [0.1, 0.15) is 0 Å². The molecule has 0 unspecified atom stereocenters. The Morgan fingerprint density at radius 3 is 2.46 bits per heavy atom. The van der Waals surface area contributed by atoms with E-state index in [1.165, 1.54) is 6.07 Å². The highest BCUT2D eigenvalue weighted by atomic mass is 35.5. The van der Waals surface area contributed by atoms with Crippen LogP contribution in [-0.2, 0) is 15.7 Å². The van der Waals surface area contributed by atoms with Crippen LogP contribution in [0.4, 0.5) is 24.5 Å². The zero-order chi connectivity index (χ0) is 17.6. The fraction of sp³-hybridized carbons (Fsp3) is 0.562. The summed E-state index contributed by atoms with van der Waals surface area (Å²) in [4.78, 5) is 14.0. The summed E-state index contributed by atoms with van der Waals surface area (Å²) in [7, 11) is 1.55. The number of carbonyl (C=O) groups is 1. The predicted molar refractivity (Wildman–Crippen MR) is 101 cm³/mol. The monoisotopic (exact) mass is 417 g/mol. The second kappa shape index (κ2) is 11.5. The van der Waals surface area contributed by atoms with Crippen molar-refractivity contribution >= 4 is 42.1 Å². The summed E-state index contributed by atoms with van der Waals surface area (Å²) >= 11 is 0. The van der Waals surface area contributed by atoms with Crippen molar-refractivity contribution < 1.29 is 22.7 Å². The average molecular weight is 418 g/mol. The van der Waals surface area contributed by atoms with Crippen LogP contribution in [0.25, 0.3) is 0 Å². The lowest BCUT2D eigenvalue weighted by Gasteiger charge is -2.23. The predicted octanol–water partition coefficient (Wildman–Crippen LogP) is 3.32. The molecule has 0 saturated carbocycles. The molecule has 2 N–H and O–H groups in total. The quantitative estimate of drug-likeness (QED) is 0.668. The highest BCUT2D eigenvalue weighted by Gasteiger charge is 2.32. The number of alkyl halides is 3. The van der Waals surface area contributed by atoms with Gasteiger partial charge in [0.25, 0.3) is 0 Å². The summed E-state index contributed by atoms with van der Waals surface area (Å²) < 4.78 is 43.7. The van der Waals surface area contributed by atoms with Crippen molar-refractivity contribution in [3.05, 3.63) is 23.8 Å². The molecule has 1 aromatic rings. The molecule has 0 aliphatic carbocycles. The fourth-order valence-electron chi connectivity index (χ4n) is 2.62. The van der Waals surface area contributed by atoms with Crippen LogP contribution < -0.4 is 15.5 Å². The number of hydrogen-bond acceptors (Lipinski definition) is 4. The highest BCUT2D eigenvalue weighted by molar-refractivity contribution is 5.95. The van der Waals surface area contributed by atoms with Crippen molar-refractivity contribution in [2.24, 2.45) is 0 Å². The first-order valence-electron chi connectivity index (χ1n) is 7.87. The molecular weight excluding hydrogens is 394 g/mol. The van der Waals surface area contributed by atoms with Gasteiger partial charge in [-0.15, -0.1) is 24.8 Å². The van der Waals surface area contributed by atoms with Gasteiger partial charge in [-0.2, -0.15) is 13.2 Å². The molecule has 0 spiro atoms. The van der Waals surface area contributed by atoms with Crippen LogP contribution in [0.15, 0.2) is 18.2 Å². The molecule has 1 aliphatic heterocycles. The van der Waals surface area contributed by atoms with Gasteiger partial charge in [0, 0.05) is 26.7 Å². The number of anilines is 2. The number of rotatable bonds is 7. The van der Waals surface area contributed by atoms with E-state index in [1.807, 2.05) is 4.90 Å². The smallest absolute Gasteiger partial charge is 0.383 e. The minimum atomic E-state index is -4.44. The summed E-state index contributed by atoms with van der Waals surface area (Å²) in [5, 5.41) is 5.46. The van der Waals surface area contributed by atoms with Crippen LogP contribution in [0.5, 0.6) is 0 Å². The van der Waals surface area contributed by atoms with Gasteiger partial charge in [-0.3, -0.25) is 4.79 Å². The van der Waals surface area contributed by atoms with E-state index in [2.05, 4.69) is 10.6 Å². The van der Waals surface area contributed by atoms with Crippen LogP contribution >= 0.6 is 24.8 Å². The van der Waals surface area contributed by atoms with Crippen LogP contribution in [0, 0.1) is 0 Å². The molecule has 1 saturated heterocycles. The van der Waals surface area contributed by atoms with Gasteiger partial charge in [0.05, 0.1) is 30.1 Å². The maximum absolute atomic E-state index is 12.9. The maximum atomic E-state index is 12.9. The van der Waals surface area contributed by atoms with Gasteiger partial charge in [-0.25, -0.2) is 0 Å². The molecule has 2 rings (SSSR count). The zero-order valence-corrected chi connectivity index (χ0v) is 16.0. The Labute approximate surface area is 163 Å². The lowest BCUT2D eigenvalue weighted by atomic mass is 10.1. The SMILES string of the molecule is COCCNCC(=O)Nc1cc(C(F)(F)F)ccc1N1CCCC1.Cl.Cl. The molecule has 0 atom stereocenters. The molecule has 5 nitrogen and oxygen atoms in total. The van der Waals surface area contributed by atoms with Crippen molar-refractivity contribution in [1.82, 2.24) is 5.32 Å². The summed E-state index contributed by atoms with van der Waals surface area (Å²) in [6.45, 7) is 2.51. The third-order valence-electron chi connectivity index (χ3n) is 3.81. The standard InChI is InChI=1S/C16H22F3N3O2.2ClH/c1-24-9-6-20-11-15(23)21-13-10-12(16(17,18)19)4-5-14(13)22-7-2-3-8-22;;/h4-5,10,20H,2-3,6-9,11H2,1H3,(H,21,23);2*1H. The number of ether oxygens (including phenoxy) is 1. The van der Waals surface area contributed by atoms with E-state index >= 15 is 0 Å². The summed E-state index contributed by atoms with van der Waals surface area (Å²) in [5.41, 5.74) is 0.0593. The number of halogens is 5. The number of nitrogens with one attached hydrogen (secondary N) is 2. The first-order valence-corrected chi connectivity index (χ1v) is 7.87. The Bertz CT molecular complexity index is 568. The number of nitrogens with zero attached hydrogens (tertiary/aromatic N) is 1. The molecule has 26 heavy (non-hydrogen) atoms. The number of amides is 1. The largest absolute Gasteiger partial charge is 0.416 e. The lowest BCUT2D eigenvalue weighted by molar-refractivity contribution is -0.137. The molecule has 1 heterocycles. The van der Waals surface area contributed by atoms with Crippen LogP contribution in [-0.4, -0.2) is 45.8 Å². The van der Waals surface area contributed by atoms with Gasteiger partial charge >= 0.3 is 6.18 Å². The van der Waals surface area contributed by atoms with Crippen molar-refractivity contribution in [1.29, 1.82) is 0 Å². The van der Waals surface area contributed by atoms with Crippen LogP contribution in [0.1, 0.15) is 18.4 Å². The second-order valence-corrected chi connectivity index (χ2v) is 5.64. The number of hydrogen-bond donors (Lipinski definition) is 2. The molecular formula is C16H24Cl2F3N3O2. The normalized spacial score (nSPS) is 13.8. The molecule has 150 valence electrons. The van der Waals surface area contributed by atoms with Crippen molar-refractivity contribution in [3.8, 4) is 0 Å². The molecule has 1 amide bonds. The van der Waals surface area contributed by atoms with Crippen molar-refractivity contribution in [3.63, 3.8) is 0 Å². The Morgan fingerprint density at radius 2 is 1.88 bits per heavy atom. The third kappa shape index (κ3) is 7.19. The zero-order valence-electron chi connectivity index (χ0n) is 14.4. The Morgan fingerprint density at radius 1 is 1.23 bits per heavy atom. The average Bonchev–Trinajstić information content (AvgIpc) is 3.05. The van der Waals surface area contributed by atoms with Crippen molar-refractivity contribution in [2.75, 3.05) is 50.1 Å². The molecule has 10 heteroatoms. The van der Waals surface area contributed by atoms with E-state index < -0.39 is 11.7 Å².